The molecule has 240 valence electrons. The fraction of sp³-hybridized carbons (Fsp3) is 0.125. The van der Waals surface area contributed by atoms with Gasteiger partial charge in [-0.05, 0) is 92.0 Å². The molecule has 0 saturated heterocycles. The maximum absolute atomic E-state index is 6.33. The number of nitrogens with zero attached hydrogens (tertiary/aromatic N) is 1. The van der Waals surface area contributed by atoms with Crippen LogP contribution in [0.25, 0.3) is 55.3 Å². The summed E-state index contributed by atoms with van der Waals surface area (Å²) in [6, 6.07) is 55.5. The molecule has 2 aliphatic rings. The van der Waals surface area contributed by atoms with Gasteiger partial charge in [0.1, 0.15) is 11.2 Å². The van der Waals surface area contributed by atoms with Crippen molar-refractivity contribution in [3.63, 3.8) is 0 Å². The van der Waals surface area contributed by atoms with Gasteiger partial charge in [0, 0.05) is 27.3 Å². The summed E-state index contributed by atoms with van der Waals surface area (Å²) in [6.45, 7) is 9.54. The molecule has 0 radical (unpaired) electrons. The maximum Gasteiger partial charge on any atom is 0.136 e. The SMILES string of the molecule is CC1(C)c2ccccc2-c2cccc(N(c3cccc(-c4cccc5oc6ccccc6c45)c3)c3cccc4c3C(C)(C)c3ccccc3-4)c21. The minimum Gasteiger partial charge on any atom is -0.456 e. The highest BCUT2D eigenvalue weighted by Crippen LogP contribution is 2.58. The molecule has 0 saturated carbocycles. The van der Waals surface area contributed by atoms with Crippen LogP contribution in [0, 0.1) is 0 Å². The Balaban J connectivity index is 1.26. The molecule has 0 aliphatic heterocycles. The predicted octanol–water partition coefficient (Wildman–Crippen LogP) is 13.3. The highest BCUT2D eigenvalue weighted by atomic mass is 16.3. The lowest BCUT2D eigenvalue weighted by atomic mass is 9.80. The second-order valence-electron chi connectivity index (χ2n) is 14.9. The molecular formula is C48H37NO. The first kappa shape index (κ1) is 29.1. The largest absolute Gasteiger partial charge is 0.456 e. The number of rotatable bonds is 4. The van der Waals surface area contributed by atoms with Gasteiger partial charge in [0.05, 0.1) is 11.4 Å². The van der Waals surface area contributed by atoms with E-state index < -0.39 is 0 Å². The van der Waals surface area contributed by atoms with Gasteiger partial charge in [0.2, 0.25) is 0 Å². The molecule has 0 unspecified atom stereocenters. The van der Waals surface area contributed by atoms with E-state index in [1.807, 2.05) is 6.07 Å². The monoisotopic (exact) mass is 643 g/mol. The van der Waals surface area contributed by atoms with Gasteiger partial charge in [-0.25, -0.2) is 0 Å². The van der Waals surface area contributed by atoms with Crippen molar-refractivity contribution < 1.29 is 4.42 Å². The molecule has 2 nitrogen and oxygen atoms in total. The number of hydrogen-bond donors (Lipinski definition) is 0. The van der Waals surface area contributed by atoms with E-state index in [0.29, 0.717) is 0 Å². The molecular weight excluding hydrogens is 607 g/mol. The van der Waals surface area contributed by atoms with Crippen LogP contribution in [0.4, 0.5) is 17.1 Å². The van der Waals surface area contributed by atoms with Crippen LogP contribution >= 0.6 is 0 Å². The van der Waals surface area contributed by atoms with Gasteiger partial charge in [0.15, 0.2) is 0 Å². The number of benzene rings is 7. The summed E-state index contributed by atoms with van der Waals surface area (Å²) in [7, 11) is 0. The molecule has 0 bridgehead atoms. The van der Waals surface area contributed by atoms with Crippen LogP contribution in [0.3, 0.4) is 0 Å². The molecule has 0 N–H and O–H groups in total. The molecule has 2 heteroatoms. The average molecular weight is 644 g/mol. The molecule has 1 heterocycles. The van der Waals surface area contributed by atoms with Crippen LogP contribution in [0.2, 0.25) is 0 Å². The van der Waals surface area contributed by atoms with Gasteiger partial charge in [0.25, 0.3) is 0 Å². The highest BCUT2D eigenvalue weighted by molar-refractivity contribution is 6.12. The van der Waals surface area contributed by atoms with E-state index in [0.717, 1.165) is 33.2 Å². The topological polar surface area (TPSA) is 16.4 Å². The van der Waals surface area contributed by atoms with Crippen molar-refractivity contribution in [2.75, 3.05) is 4.90 Å². The first-order valence-electron chi connectivity index (χ1n) is 17.6. The second kappa shape index (κ2) is 10.3. The van der Waals surface area contributed by atoms with E-state index in [9.17, 15) is 0 Å². The fourth-order valence-corrected chi connectivity index (χ4v) is 9.25. The van der Waals surface area contributed by atoms with Gasteiger partial charge in [-0.1, -0.05) is 143 Å². The Kier molecular flexibility index (Phi) is 6.01. The van der Waals surface area contributed by atoms with Crippen LogP contribution in [0.15, 0.2) is 156 Å². The first-order valence-corrected chi connectivity index (χ1v) is 17.6. The zero-order chi connectivity index (χ0) is 33.8. The summed E-state index contributed by atoms with van der Waals surface area (Å²) in [5.74, 6) is 0. The fourth-order valence-electron chi connectivity index (χ4n) is 9.25. The van der Waals surface area contributed by atoms with Crippen molar-refractivity contribution >= 4 is 39.0 Å². The Hall–Kier alpha value is -5.86. The number of furan rings is 1. The van der Waals surface area contributed by atoms with Gasteiger partial charge >= 0.3 is 0 Å². The minimum absolute atomic E-state index is 0.184. The summed E-state index contributed by atoms with van der Waals surface area (Å²) >= 11 is 0. The highest BCUT2D eigenvalue weighted by Gasteiger charge is 2.42. The van der Waals surface area contributed by atoms with E-state index in [1.165, 1.54) is 61.4 Å². The molecule has 0 atom stereocenters. The number of fused-ring (bicyclic) bond motifs is 9. The maximum atomic E-state index is 6.33. The number of para-hydroxylation sites is 1. The van der Waals surface area contributed by atoms with Crippen LogP contribution in [0.5, 0.6) is 0 Å². The summed E-state index contributed by atoms with van der Waals surface area (Å²) in [4.78, 5) is 2.55. The lowest BCUT2D eigenvalue weighted by molar-refractivity contribution is 0.656. The lowest BCUT2D eigenvalue weighted by Gasteiger charge is -2.35. The molecule has 2 aliphatic carbocycles. The summed E-state index contributed by atoms with van der Waals surface area (Å²) in [5.41, 5.74) is 18.1. The average Bonchev–Trinajstić information content (AvgIpc) is 3.73. The molecule has 0 fully saturated rings. The third kappa shape index (κ3) is 3.91. The molecule has 1 aromatic heterocycles. The quantitative estimate of drug-likeness (QED) is 0.190. The molecule has 8 aromatic rings. The van der Waals surface area contributed by atoms with Crippen molar-refractivity contribution in [1.82, 2.24) is 0 Å². The Morgan fingerprint density at radius 3 is 1.60 bits per heavy atom. The Morgan fingerprint density at radius 1 is 0.440 bits per heavy atom. The van der Waals surface area contributed by atoms with Crippen LogP contribution < -0.4 is 4.90 Å². The second-order valence-corrected chi connectivity index (χ2v) is 14.9. The molecule has 0 amide bonds. The first-order chi connectivity index (χ1) is 24.3. The van der Waals surface area contributed by atoms with Crippen molar-refractivity contribution in [1.29, 1.82) is 0 Å². The number of anilines is 3. The van der Waals surface area contributed by atoms with Crippen LogP contribution in [-0.4, -0.2) is 0 Å². The Morgan fingerprint density at radius 2 is 0.940 bits per heavy atom. The normalized spacial score (nSPS) is 14.7. The minimum atomic E-state index is -0.184. The number of hydrogen-bond acceptors (Lipinski definition) is 2. The van der Waals surface area contributed by atoms with Gasteiger partial charge < -0.3 is 9.32 Å². The van der Waals surface area contributed by atoms with Crippen molar-refractivity contribution in [3.8, 4) is 33.4 Å². The molecule has 10 rings (SSSR count). The predicted molar refractivity (Wildman–Crippen MR) is 209 cm³/mol. The summed E-state index contributed by atoms with van der Waals surface area (Å²) in [6.07, 6.45) is 0. The summed E-state index contributed by atoms with van der Waals surface area (Å²) < 4.78 is 6.33. The summed E-state index contributed by atoms with van der Waals surface area (Å²) in [5, 5.41) is 2.29. The van der Waals surface area contributed by atoms with Crippen molar-refractivity contribution in [3.05, 3.63) is 174 Å². The van der Waals surface area contributed by atoms with E-state index in [-0.39, 0.29) is 10.8 Å². The van der Waals surface area contributed by atoms with Crippen molar-refractivity contribution in [2.24, 2.45) is 0 Å². The third-order valence-corrected chi connectivity index (χ3v) is 11.4. The van der Waals surface area contributed by atoms with Gasteiger partial charge in [-0.3, -0.25) is 0 Å². The van der Waals surface area contributed by atoms with Crippen LogP contribution in [0.1, 0.15) is 49.9 Å². The standard InChI is InChI=1S/C48H37NO/c1-47(2)38-23-8-5-17-33(38)35-21-12-25-40(45(35)47)49(41-26-13-22-36-34-18-6-9-24-39(34)48(3,4)46(36)41)31-16-11-15-30(29-31)32-20-14-28-43-44(32)37-19-7-10-27-42(37)50-43/h5-29H,1-4H3. The van der Waals surface area contributed by atoms with E-state index >= 15 is 0 Å². The van der Waals surface area contributed by atoms with Crippen molar-refractivity contribution in [2.45, 2.75) is 38.5 Å². The zero-order valence-electron chi connectivity index (χ0n) is 28.8. The van der Waals surface area contributed by atoms with Crippen LogP contribution in [-0.2, 0) is 10.8 Å². The Bertz CT molecular complexity index is 2560. The molecule has 7 aromatic carbocycles. The lowest BCUT2D eigenvalue weighted by Crippen LogP contribution is -2.24. The van der Waals surface area contributed by atoms with Gasteiger partial charge in [-0.2, -0.15) is 0 Å². The van der Waals surface area contributed by atoms with E-state index in [1.54, 1.807) is 0 Å². The zero-order valence-corrected chi connectivity index (χ0v) is 28.8. The Labute approximate surface area is 293 Å². The van der Waals surface area contributed by atoms with E-state index in [2.05, 4.69) is 178 Å². The smallest absolute Gasteiger partial charge is 0.136 e. The van der Waals surface area contributed by atoms with Gasteiger partial charge in [-0.15, -0.1) is 0 Å². The molecule has 50 heavy (non-hydrogen) atoms. The third-order valence-electron chi connectivity index (χ3n) is 11.4. The van der Waals surface area contributed by atoms with E-state index in [4.69, 9.17) is 4.42 Å². The molecule has 0 spiro atoms.